The Morgan fingerprint density at radius 3 is 2.67 bits per heavy atom. The molecule has 1 unspecified atom stereocenters. The molecule has 5 rings (SSSR count). The summed E-state index contributed by atoms with van der Waals surface area (Å²) in [4.78, 5) is 28.8. The molecule has 1 aromatic carbocycles. The van der Waals surface area contributed by atoms with Crippen molar-refractivity contribution in [2.75, 3.05) is 40.0 Å². The van der Waals surface area contributed by atoms with Gasteiger partial charge in [0.25, 0.3) is 5.91 Å². The van der Waals surface area contributed by atoms with Crippen molar-refractivity contribution >= 4 is 40.1 Å². The summed E-state index contributed by atoms with van der Waals surface area (Å²) in [5.74, 6) is 0.780. The number of hydrogen-bond acceptors (Lipinski definition) is 7. The molecular weight excluding hydrogens is 503 g/mol. The molecule has 1 amide bonds. The van der Waals surface area contributed by atoms with Crippen LogP contribution in [0.5, 0.6) is 5.75 Å². The van der Waals surface area contributed by atoms with Crippen LogP contribution in [0.1, 0.15) is 22.0 Å². The number of ether oxygens (including phenoxy) is 2. The zero-order chi connectivity index (χ0) is 25.1. The van der Waals surface area contributed by atoms with Gasteiger partial charge in [-0.05, 0) is 24.3 Å². The van der Waals surface area contributed by atoms with Gasteiger partial charge in [0, 0.05) is 55.0 Å². The molecule has 4 heterocycles. The molecule has 9 nitrogen and oxygen atoms in total. The van der Waals surface area contributed by atoms with Crippen LogP contribution in [0.2, 0.25) is 10.0 Å². The van der Waals surface area contributed by atoms with Crippen LogP contribution in [0.25, 0.3) is 17.0 Å². The molecule has 0 spiro atoms. The molecule has 3 aromatic heterocycles. The lowest BCUT2D eigenvalue weighted by Gasteiger charge is -2.35. The van der Waals surface area contributed by atoms with E-state index in [9.17, 15) is 4.79 Å². The Hall–Kier alpha value is -3.24. The van der Waals surface area contributed by atoms with E-state index in [2.05, 4.69) is 25.2 Å². The summed E-state index contributed by atoms with van der Waals surface area (Å²) in [5, 5.41) is 4.63. The summed E-state index contributed by atoms with van der Waals surface area (Å²) in [6.45, 7) is 3.03. The van der Waals surface area contributed by atoms with E-state index in [1.807, 2.05) is 12.1 Å². The van der Waals surface area contributed by atoms with Crippen molar-refractivity contribution in [3.63, 3.8) is 0 Å². The molecule has 36 heavy (non-hydrogen) atoms. The molecule has 0 bridgehead atoms. The summed E-state index contributed by atoms with van der Waals surface area (Å²) < 4.78 is 12.8. The van der Waals surface area contributed by atoms with Crippen LogP contribution in [0, 0.1) is 0 Å². The smallest absolute Gasteiger partial charge is 0.253 e. The maximum atomic E-state index is 13.5. The van der Waals surface area contributed by atoms with Gasteiger partial charge in [-0.2, -0.15) is 0 Å². The number of nitrogens with zero attached hydrogens (tertiary/aromatic N) is 5. The van der Waals surface area contributed by atoms with E-state index >= 15 is 0 Å². The van der Waals surface area contributed by atoms with Crippen molar-refractivity contribution in [2.45, 2.75) is 6.04 Å². The number of nitrogens with one attached hydrogen (secondary N) is 1. The first kappa shape index (κ1) is 24.5. The van der Waals surface area contributed by atoms with E-state index in [-0.39, 0.29) is 11.9 Å². The number of carbonyl (C=O) groups is 1. The molecular formula is C25H24Cl2N6O3. The average Bonchev–Trinajstić information content (AvgIpc) is 3.31. The highest BCUT2D eigenvalue weighted by Crippen LogP contribution is 2.33. The molecule has 1 fully saturated rings. The largest absolute Gasteiger partial charge is 0.496 e. The summed E-state index contributed by atoms with van der Waals surface area (Å²) >= 11 is 12.7. The van der Waals surface area contributed by atoms with Crippen LogP contribution >= 0.6 is 23.2 Å². The van der Waals surface area contributed by atoms with Gasteiger partial charge in [0.05, 0.1) is 42.3 Å². The average molecular weight is 527 g/mol. The lowest BCUT2D eigenvalue weighted by molar-refractivity contribution is 0.0158. The lowest BCUT2D eigenvalue weighted by atomic mass is 10.0. The van der Waals surface area contributed by atoms with Gasteiger partial charge in [0.2, 0.25) is 5.95 Å². The maximum Gasteiger partial charge on any atom is 0.253 e. The molecule has 0 radical (unpaired) electrons. The van der Waals surface area contributed by atoms with Crippen molar-refractivity contribution in [3.05, 3.63) is 76.3 Å². The number of rotatable bonds is 7. The minimum atomic E-state index is -0.282. The van der Waals surface area contributed by atoms with Gasteiger partial charge in [-0.3, -0.25) is 14.3 Å². The van der Waals surface area contributed by atoms with E-state index in [0.717, 1.165) is 18.7 Å². The zero-order valence-electron chi connectivity index (χ0n) is 19.5. The second-order valence-corrected chi connectivity index (χ2v) is 9.06. The quantitative estimate of drug-likeness (QED) is 0.389. The number of fused-ring (bicyclic) bond motifs is 1. The normalized spacial score (nSPS) is 15.1. The van der Waals surface area contributed by atoms with E-state index in [1.165, 1.54) is 0 Å². The maximum absolute atomic E-state index is 13.5. The Labute approximate surface area is 218 Å². The fraction of sp³-hybridized carbons (Fsp3) is 0.280. The predicted molar refractivity (Wildman–Crippen MR) is 137 cm³/mol. The Morgan fingerprint density at radius 1 is 1.14 bits per heavy atom. The van der Waals surface area contributed by atoms with Gasteiger partial charge >= 0.3 is 0 Å². The molecule has 1 aliphatic heterocycles. The fourth-order valence-corrected chi connectivity index (χ4v) is 4.83. The fourth-order valence-electron chi connectivity index (χ4n) is 4.42. The molecule has 0 saturated carbocycles. The Kier molecular flexibility index (Phi) is 7.33. The molecule has 186 valence electrons. The number of aromatic nitrogens is 4. The second-order valence-electron chi connectivity index (χ2n) is 8.21. The molecule has 1 saturated heterocycles. The Balaban J connectivity index is 1.47. The minimum absolute atomic E-state index is 0.149. The first-order chi connectivity index (χ1) is 17.6. The van der Waals surface area contributed by atoms with Crippen LogP contribution in [-0.2, 0) is 4.74 Å². The molecule has 1 aliphatic rings. The van der Waals surface area contributed by atoms with Crippen LogP contribution in [0.3, 0.4) is 0 Å². The third kappa shape index (κ3) is 4.87. The van der Waals surface area contributed by atoms with Gasteiger partial charge in [-0.15, -0.1) is 0 Å². The minimum Gasteiger partial charge on any atom is -0.496 e. The third-order valence-corrected chi connectivity index (χ3v) is 6.70. The second kappa shape index (κ2) is 10.8. The number of amides is 1. The van der Waals surface area contributed by atoms with E-state index < -0.39 is 0 Å². The van der Waals surface area contributed by atoms with Gasteiger partial charge in [-0.25, -0.2) is 15.0 Å². The Bertz CT molecular complexity index is 1380. The summed E-state index contributed by atoms with van der Waals surface area (Å²) in [7, 11) is 1.61. The van der Waals surface area contributed by atoms with Gasteiger partial charge < -0.3 is 14.8 Å². The SMILES string of the molecule is COc1cc(Cl)ccc1C(CNC(=O)c1cn(-c2ncccn2)c2nccc(Cl)c12)N1CCOCC1. The number of benzene rings is 1. The molecule has 0 aliphatic carbocycles. The number of hydrogen-bond donors (Lipinski definition) is 1. The topological polar surface area (TPSA) is 94.4 Å². The van der Waals surface area contributed by atoms with Crippen molar-refractivity contribution in [1.29, 1.82) is 0 Å². The highest BCUT2D eigenvalue weighted by atomic mass is 35.5. The van der Waals surface area contributed by atoms with E-state index in [1.54, 1.807) is 54.7 Å². The third-order valence-electron chi connectivity index (χ3n) is 6.15. The van der Waals surface area contributed by atoms with Crippen LogP contribution in [-0.4, -0.2) is 70.3 Å². The standard InChI is InChI=1S/C25H24Cl2N6O3/c1-35-21-13-16(26)3-4-17(21)20(32-9-11-36-12-10-32)14-31-24(34)18-15-33(25-29-6-2-7-30-25)23-22(18)19(27)5-8-28-23/h2-8,13,15,20H,9-12,14H2,1H3,(H,31,34). The van der Waals surface area contributed by atoms with Crippen molar-refractivity contribution < 1.29 is 14.3 Å². The molecule has 11 heteroatoms. The Morgan fingerprint density at radius 2 is 1.92 bits per heavy atom. The van der Waals surface area contributed by atoms with Gasteiger partial charge in [0.1, 0.15) is 11.4 Å². The molecule has 4 aromatic rings. The molecule has 1 atom stereocenters. The highest BCUT2D eigenvalue weighted by molar-refractivity contribution is 6.36. The van der Waals surface area contributed by atoms with Crippen LogP contribution in [0.4, 0.5) is 0 Å². The lowest BCUT2D eigenvalue weighted by Crippen LogP contribution is -2.44. The van der Waals surface area contributed by atoms with Crippen molar-refractivity contribution in [3.8, 4) is 11.7 Å². The van der Waals surface area contributed by atoms with Crippen LogP contribution in [0.15, 0.2) is 55.1 Å². The number of morpholine rings is 1. The summed E-state index contributed by atoms with van der Waals surface area (Å²) in [6.07, 6.45) is 6.52. The van der Waals surface area contributed by atoms with E-state index in [4.69, 9.17) is 32.7 Å². The first-order valence-corrected chi connectivity index (χ1v) is 12.2. The van der Waals surface area contributed by atoms with E-state index in [0.29, 0.717) is 58.1 Å². The van der Waals surface area contributed by atoms with Crippen LogP contribution < -0.4 is 10.1 Å². The number of halogens is 2. The zero-order valence-corrected chi connectivity index (χ0v) is 21.0. The van der Waals surface area contributed by atoms with Crippen molar-refractivity contribution in [1.82, 2.24) is 29.7 Å². The monoisotopic (exact) mass is 526 g/mol. The number of pyridine rings is 1. The summed E-state index contributed by atoms with van der Waals surface area (Å²) in [6, 6.07) is 8.78. The highest BCUT2D eigenvalue weighted by Gasteiger charge is 2.27. The number of methoxy groups -OCH3 is 1. The predicted octanol–water partition coefficient (Wildman–Crippen LogP) is 3.93. The van der Waals surface area contributed by atoms with Gasteiger partial charge in [0.15, 0.2) is 0 Å². The van der Waals surface area contributed by atoms with Crippen molar-refractivity contribution in [2.24, 2.45) is 0 Å². The first-order valence-electron chi connectivity index (χ1n) is 11.4. The summed E-state index contributed by atoms with van der Waals surface area (Å²) in [5.41, 5.74) is 1.83. The van der Waals surface area contributed by atoms with Gasteiger partial charge in [-0.1, -0.05) is 29.3 Å². The number of carbonyl (C=O) groups excluding carboxylic acids is 1. The molecule has 1 N–H and O–H groups in total.